The van der Waals surface area contributed by atoms with Crippen LogP contribution in [0.2, 0.25) is 0 Å². The summed E-state index contributed by atoms with van der Waals surface area (Å²) in [6.07, 6.45) is -0.0491. The minimum absolute atomic E-state index is 0.0491. The SMILES string of the molecule is CCNC1Nc2ccc([N+](=O)[O-])cc2N1. The van der Waals surface area contributed by atoms with Crippen LogP contribution in [0, 0.1) is 10.1 Å². The van der Waals surface area contributed by atoms with Crippen molar-refractivity contribution in [3.8, 4) is 0 Å². The van der Waals surface area contributed by atoms with Crippen LogP contribution in [0.1, 0.15) is 6.92 Å². The zero-order valence-electron chi connectivity index (χ0n) is 8.28. The molecular weight excluding hydrogens is 196 g/mol. The summed E-state index contributed by atoms with van der Waals surface area (Å²) in [5.41, 5.74) is 1.74. The Morgan fingerprint density at radius 2 is 2.20 bits per heavy atom. The summed E-state index contributed by atoms with van der Waals surface area (Å²) in [5.74, 6) is 0. The Balaban J connectivity index is 2.20. The summed E-state index contributed by atoms with van der Waals surface area (Å²) in [4.78, 5) is 10.1. The molecule has 1 heterocycles. The number of benzene rings is 1. The molecule has 1 unspecified atom stereocenters. The Bertz CT molecular complexity index is 394. The van der Waals surface area contributed by atoms with Crippen LogP contribution in [-0.2, 0) is 0 Å². The fraction of sp³-hybridized carbons (Fsp3) is 0.333. The van der Waals surface area contributed by atoms with Crippen LogP contribution in [0.25, 0.3) is 0 Å². The van der Waals surface area contributed by atoms with Crippen LogP contribution in [0.4, 0.5) is 17.1 Å². The molecule has 1 aliphatic rings. The van der Waals surface area contributed by atoms with Gasteiger partial charge >= 0.3 is 0 Å². The van der Waals surface area contributed by atoms with E-state index in [-0.39, 0.29) is 12.0 Å². The third kappa shape index (κ3) is 1.84. The average molecular weight is 208 g/mol. The predicted octanol–water partition coefficient (Wildman–Crippen LogP) is 1.33. The molecule has 6 heteroatoms. The second-order valence-electron chi connectivity index (χ2n) is 3.27. The molecule has 0 amide bonds. The molecule has 1 atom stereocenters. The van der Waals surface area contributed by atoms with Crippen molar-refractivity contribution in [3.63, 3.8) is 0 Å². The van der Waals surface area contributed by atoms with E-state index in [1.54, 1.807) is 6.07 Å². The summed E-state index contributed by atoms with van der Waals surface area (Å²) >= 11 is 0. The highest BCUT2D eigenvalue weighted by Crippen LogP contribution is 2.31. The van der Waals surface area contributed by atoms with Gasteiger partial charge in [0.05, 0.1) is 16.3 Å². The summed E-state index contributed by atoms with van der Waals surface area (Å²) < 4.78 is 0. The van der Waals surface area contributed by atoms with Crippen LogP contribution in [0.15, 0.2) is 18.2 Å². The first kappa shape index (κ1) is 9.72. The zero-order valence-corrected chi connectivity index (χ0v) is 8.28. The smallest absolute Gasteiger partial charge is 0.271 e. The highest BCUT2D eigenvalue weighted by molar-refractivity contribution is 5.76. The molecule has 80 valence electrons. The number of hydrogen-bond donors (Lipinski definition) is 3. The third-order valence-electron chi connectivity index (χ3n) is 2.22. The maximum absolute atomic E-state index is 10.5. The minimum Gasteiger partial charge on any atom is -0.351 e. The topological polar surface area (TPSA) is 79.2 Å². The van der Waals surface area contributed by atoms with E-state index in [1.165, 1.54) is 12.1 Å². The molecule has 1 aromatic rings. The van der Waals surface area contributed by atoms with Gasteiger partial charge in [0, 0.05) is 12.1 Å². The average Bonchev–Trinajstić information content (AvgIpc) is 2.59. The molecule has 0 aliphatic carbocycles. The van der Waals surface area contributed by atoms with Crippen molar-refractivity contribution >= 4 is 17.1 Å². The van der Waals surface area contributed by atoms with E-state index in [4.69, 9.17) is 0 Å². The molecule has 0 saturated heterocycles. The number of nitrogens with zero attached hydrogens (tertiary/aromatic N) is 1. The highest BCUT2D eigenvalue weighted by atomic mass is 16.6. The first-order valence-corrected chi connectivity index (χ1v) is 4.75. The molecule has 1 aliphatic heterocycles. The lowest BCUT2D eigenvalue weighted by molar-refractivity contribution is -0.384. The van der Waals surface area contributed by atoms with Crippen molar-refractivity contribution in [2.75, 3.05) is 17.2 Å². The number of rotatable bonds is 3. The Labute approximate surface area is 86.8 Å². The van der Waals surface area contributed by atoms with Gasteiger partial charge in [0.25, 0.3) is 5.69 Å². The van der Waals surface area contributed by atoms with Crippen molar-refractivity contribution in [3.05, 3.63) is 28.3 Å². The van der Waals surface area contributed by atoms with Gasteiger partial charge in [0.15, 0.2) is 6.29 Å². The molecule has 0 spiro atoms. The van der Waals surface area contributed by atoms with Gasteiger partial charge in [-0.05, 0) is 12.6 Å². The van der Waals surface area contributed by atoms with Crippen LogP contribution in [-0.4, -0.2) is 17.8 Å². The second-order valence-corrected chi connectivity index (χ2v) is 3.27. The van der Waals surface area contributed by atoms with E-state index in [9.17, 15) is 10.1 Å². The van der Waals surface area contributed by atoms with Gasteiger partial charge in [-0.15, -0.1) is 0 Å². The lowest BCUT2D eigenvalue weighted by Crippen LogP contribution is -2.38. The van der Waals surface area contributed by atoms with E-state index >= 15 is 0 Å². The summed E-state index contributed by atoms with van der Waals surface area (Å²) in [6, 6.07) is 4.72. The summed E-state index contributed by atoms with van der Waals surface area (Å²) in [7, 11) is 0. The van der Waals surface area contributed by atoms with E-state index in [0.29, 0.717) is 0 Å². The van der Waals surface area contributed by atoms with E-state index < -0.39 is 4.92 Å². The van der Waals surface area contributed by atoms with Gasteiger partial charge in [0.2, 0.25) is 0 Å². The number of nitrogens with one attached hydrogen (secondary N) is 3. The van der Waals surface area contributed by atoms with E-state index in [0.717, 1.165) is 17.9 Å². The molecule has 0 saturated carbocycles. The zero-order chi connectivity index (χ0) is 10.8. The lowest BCUT2D eigenvalue weighted by Gasteiger charge is -2.11. The van der Waals surface area contributed by atoms with Crippen molar-refractivity contribution in [2.45, 2.75) is 13.2 Å². The predicted molar refractivity (Wildman–Crippen MR) is 57.8 cm³/mol. The van der Waals surface area contributed by atoms with Crippen LogP contribution < -0.4 is 16.0 Å². The molecule has 15 heavy (non-hydrogen) atoms. The van der Waals surface area contributed by atoms with Crippen LogP contribution >= 0.6 is 0 Å². The number of hydrogen-bond acceptors (Lipinski definition) is 5. The van der Waals surface area contributed by atoms with Gasteiger partial charge in [-0.1, -0.05) is 6.92 Å². The van der Waals surface area contributed by atoms with Crippen molar-refractivity contribution in [1.29, 1.82) is 0 Å². The summed E-state index contributed by atoms with van der Waals surface area (Å²) in [5, 5.41) is 20.0. The Morgan fingerprint density at radius 1 is 1.47 bits per heavy atom. The lowest BCUT2D eigenvalue weighted by atomic mass is 10.2. The fourth-order valence-corrected chi connectivity index (χ4v) is 1.54. The maximum Gasteiger partial charge on any atom is 0.271 e. The monoisotopic (exact) mass is 208 g/mol. The molecule has 0 bridgehead atoms. The van der Waals surface area contributed by atoms with Gasteiger partial charge in [0.1, 0.15) is 0 Å². The highest BCUT2D eigenvalue weighted by Gasteiger charge is 2.20. The van der Waals surface area contributed by atoms with Gasteiger partial charge in [-0.3, -0.25) is 15.4 Å². The molecule has 3 N–H and O–H groups in total. The molecule has 0 aromatic heterocycles. The number of nitro groups is 1. The minimum atomic E-state index is -0.400. The third-order valence-corrected chi connectivity index (χ3v) is 2.22. The Hall–Kier alpha value is -1.82. The van der Waals surface area contributed by atoms with Crippen molar-refractivity contribution < 1.29 is 4.92 Å². The van der Waals surface area contributed by atoms with Gasteiger partial charge in [-0.2, -0.15) is 0 Å². The molecule has 0 radical (unpaired) electrons. The maximum atomic E-state index is 10.5. The van der Waals surface area contributed by atoms with E-state index in [1.807, 2.05) is 6.92 Å². The normalized spacial score (nSPS) is 17.8. The Kier molecular flexibility index (Phi) is 2.42. The molecule has 1 aromatic carbocycles. The second kappa shape index (κ2) is 3.74. The first-order chi connectivity index (χ1) is 7.20. The number of anilines is 2. The van der Waals surface area contributed by atoms with Gasteiger partial charge in [-0.25, -0.2) is 0 Å². The van der Waals surface area contributed by atoms with Crippen LogP contribution in [0.3, 0.4) is 0 Å². The number of nitro benzene ring substituents is 1. The standard InChI is InChI=1S/C9H12N4O2/c1-2-10-9-11-7-4-3-6(13(14)15)5-8(7)12-9/h3-5,9-12H,2H2,1H3. The van der Waals surface area contributed by atoms with Crippen LogP contribution in [0.5, 0.6) is 0 Å². The van der Waals surface area contributed by atoms with Gasteiger partial charge < -0.3 is 10.6 Å². The number of non-ortho nitro benzene ring substituents is 1. The number of fused-ring (bicyclic) bond motifs is 1. The molecule has 6 nitrogen and oxygen atoms in total. The van der Waals surface area contributed by atoms with Crippen molar-refractivity contribution in [2.24, 2.45) is 0 Å². The first-order valence-electron chi connectivity index (χ1n) is 4.75. The van der Waals surface area contributed by atoms with Crippen molar-refractivity contribution in [1.82, 2.24) is 5.32 Å². The molecule has 2 rings (SSSR count). The summed E-state index contributed by atoms with van der Waals surface area (Å²) in [6.45, 7) is 2.82. The quantitative estimate of drug-likeness (QED) is 0.515. The largest absolute Gasteiger partial charge is 0.351 e. The molecular formula is C9H12N4O2. The van der Waals surface area contributed by atoms with E-state index in [2.05, 4.69) is 16.0 Å². The molecule has 0 fully saturated rings. The Morgan fingerprint density at radius 3 is 2.87 bits per heavy atom. The fourth-order valence-electron chi connectivity index (χ4n) is 1.54.